The molecule has 2 aromatic rings. The van der Waals surface area contributed by atoms with Crippen molar-refractivity contribution in [2.24, 2.45) is 5.92 Å². The van der Waals surface area contributed by atoms with Gasteiger partial charge in [-0.15, -0.1) is 6.58 Å². The van der Waals surface area contributed by atoms with Crippen LogP contribution in [-0.2, 0) is 22.1 Å². The van der Waals surface area contributed by atoms with Gasteiger partial charge in [0.25, 0.3) is 0 Å². The van der Waals surface area contributed by atoms with Gasteiger partial charge in [-0.2, -0.15) is 0 Å². The molecule has 0 aliphatic heterocycles. The van der Waals surface area contributed by atoms with Gasteiger partial charge in [-0.05, 0) is 43.4 Å². The van der Waals surface area contributed by atoms with E-state index in [0.29, 0.717) is 18.8 Å². The van der Waals surface area contributed by atoms with Crippen LogP contribution in [0.2, 0.25) is 0 Å². The minimum Gasteiger partial charge on any atom is -0.445 e. The SMILES string of the molecule is C=CC[C@@H]([C@H](CC(C)C)NC(=O)OCc1ccccc1)[S@@](=O)c1ccc(C)cc1. The van der Waals surface area contributed by atoms with Gasteiger partial charge >= 0.3 is 6.09 Å². The summed E-state index contributed by atoms with van der Waals surface area (Å²) in [5, 5.41) is 2.69. The number of hydrogen-bond donors (Lipinski definition) is 1. The van der Waals surface area contributed by atoms with E-state index < -0.39 is 16.9 Å². The van der Waals surface area contributed by atoms with Crippen LogP contribution in [0.1, 0.15) is 37.8 Å². The molecule has 2 rings (SSSR count). The second kappa shape index (κ2) is 11.6. The van der Waals surface area contributed by atoms with Crippen LogP contribution in [-0.4, -0.2) is 21.6 Å². The number of hydrogen-bond acceptors (Lipinski definition) is 3. The Morgan fingerprint density at radius 1 is 1.14 bits per heavy atom. The average molecular weight is 414 g/mol. The fraction of sp³-hybridized carbons (Fsp3) is 0.375. The van der Waals surface area contributed by atoms with Crippen molar-refractivity contribution in [1.29, 1.82) is 0 Å². The molecule has 5 heteroatoms. The van der Waals surface area contributed by atoms with E-state index in [4.69, 9.17) is 4.74 Å². The molecule has 0 fully saturated rings. The van der Waals surface area contributed by atoms with Crippen LogP contribution in [0, 0.1) is 12.8 Å². The molecule has 0 aliphatic rings. The van der Waals surface area contributed by atoms with Gasteiger partial charge in [0, 0.05) is 10.9 Å². The number of ether oxygens (including phenoxy) is 1. The highest BCUT2D eigenvalue weighted by Gasteiger charge is 2.29. The summed E-state index contributed by atoms with van der Waals surface area (Å²) in [5.74, 6) is 0.330. The van der Waals surface area contributed by atoms with Crippen molar-refractivity contribution in [3.05, 3.63) is 78.4 Å². The van der Waals surface area contributed by atoms with Crippen molar-refractivity contribution in [1.82, 2.24) is 5.32 Å². The molecule has 0 radical (unpaired) electrons. The van der Waals surface area contributed by atoms with Gasteiger partial charge in [0.2, 0.25) is 0 Å². The van der Waals surface area contributed by atoms with E-state index in [9.17, 15) is 9.00 Å². The van der Waals surface area contributed by atoms with Gasteiger partial charge in [0.05, 0.1) is 16.0 Å². The highest BCUT2D eigenvalue weighted by molar-refractivity contribution is 7.85. The summed E-state index contributed by atoms with van der Waals surface area (Å²) in [4.78, 5) is 13.2. The number of amides is 1. The van der Waals surface area contributed by atoms with E-state index in [1.807, 2.05) is 61.5 Å². The van der Waals surface area contributed by atoms with E-state index in [0.717, 1.165) is 16.0 Å². The Hall–Kier alpha value is -2.40. The van der Waals surface area contributed by atoms with Gasteiger partial charge in [-0.3, -0.25) is 4.21 Å². The number of carbonyl (C=O) groups is 1. The Morgan fingerprint density at radius 3 is 2.38 bits per heavy atom. The second-order valence-electron chi connectivity index (χ2n) is 7.62. The molecule has 29 heavy (non-hydrogen) atoms. The summed E-state index contributed by atoms with van der Waals surface area (Å²) < 4.78 is 18.7. The molecule has 0 aliphatic carbocycles. The Morgan fingerprint density at radius 2 is 1.79 bits per heavy atom. The molecule has 0 spiro atoms. The van der Waals surface area contributed by atoms with E-state index in [1.165, 1.54) is 0 Å². The van der Waals surface area contributed by atoms with E-state index in [2.05, 4.69) is 25.7 Å². The molecule has 4 nitrogen and oxygen atoms in total. The molecule has 1 amide bonds. The Kier molecular flexibility index (Phi) is 9.13. The third kappa shape index (κ3) is 7.50. The number of alkyl carbamates (subject to hydrolysis) is 1. The van der Waals surface area contributed by atoms with Crippen LogP contribution >= 0.6 is 0 Å². The van der Waals surface area contributed by atoms with Crippen LogP contribution in [0.4, 0.5) is 4.79 Å². The highest BCUT2D eigenvalue weighted by Crippen LogP contribution is 2.22. The quantitative estimate of drug-likeness (QED) is 0.532. The lowest BCUT2D eigenvalue weighted by molar-refractivity contribution is 0.134. The standard InChI is InChI=1S/C24H31NO3S/c1-5-9-23(29(27)21-14-12-19(4)13-15-21)22(16-18(2)3)25-24(26)28-17-20-10-7-6-8-11-20/h5-8,10-15,18,22-23H,1,9,16-17H2,2-4H3,(H,25,26)/t22-,23-,29-/m0/s1. The molecule has 0 aromatic heterocycles. The smallest absolute Gasteiger partial charge is 0.407 e. The van der Waals surface area contributed by atoms with E-state index in [1.54, 1.807) is 6.08 Å². The number of nitrogens with one attached hydrogen (secondary N) is 1. The lowest BCUT2D eigenvalue weighted by Crippen LogP contribution is -2.46. The Bertz CT molecular complexity index is 803. The summed E-state index contributed by atoms with van der Waals surface area (Å²) in [5.41, 5.74) is 2.04. The first-order valence-corrected chi connectivity index (χ1v) is 11.2. The lowest BCUT2D eigenvalue weighted by atomic mass is 9.99. The summed E-state index contributed by atoms with van der Waals surface area (Å²) in [7, 11) is -1.27. The number of rotatable bonds is 10. The highest BCUT2D eigenvalue weighted by atomic mass is 32.2. The number of carbonyl (C=O) groups excluding carboxylic acids is 1. The van der Waals surface area contributed by atoms with E-state index in [-0.39, 0.29) is 17.9 Å². The molecule has 2 aromatic carbocycles. The largest absolute Gasteiger partial charge is 0.445 e. The molecule has 0 bridgehead atoms. The maximum absolute atomic E-state index is 13.3. The third-order valence-electron chi connectivity index (χ3n) is 4.62. The van der Waals surface area contributed by atoms with Gasteiger partial charge in [-0.25, -0.2) is 4.79 Å². The molecule has 1 N–H and O–H groups in total. The van der Waals surface area contributed by atoms with Crippen LogP contribution < -0.4 is 5.32 Å². The molecule has 0 heterocycles. The van der Waals surface area contributed by atoms with Crippen molar-refractivity contribution < 1.29 is 13.7 Å². The van der Waals surface area contributed by atoms with Crippen molar-refractivity contribution in [2.75, 3.05) is 0 Å². The molecule has 0 saturated carbocycles. The van der Waals surface area contributed by atoms with Crippen LogP contribution in [0.5, 0.6) is 0 Å². The first kappa shape index (κ1) is 22.9. The predicted molar refractivity (Wildman–Crippen MR) is 119 cm³/mol. The third-order valence-corrected chi connectivity index (χ3v) is 6.43. The van der Waals surface area contributed by atoms with Gasteiger partial charge < -0.3 is 10.1 Å². The van der Waals surface area contributed by atoms with E-state index >= 15 is 0 Å². The number of aryl methyl sites for hydroxylation is 1. The fourth-order valence-electron chi connectivity index (χ4n) is 3.14. The summed E-state index contributed by atoms with van der Waals surface area (Å²) in [6.45, 7) is 10.2. The summed E-state index contributed by atoms with van der Waals surface area (Å²) >= 11 is 0. The Balaban J connectivity index is 2.12. The van der Waals surface area contributed by atoms with Gasteiger partial charge in [0.1, 0.15) is 6.61 Å². The van der Waals surface area contributed by atoms with Crippen LogP contribution in [0.15, 0.2) is 72.1 Å². The molecular weight excluding hydrogens is 382 g/mol. The molecular formula is C24H31NO3S. The minimum atomic E-state index is -1.27. The minimum absolute atomic E-state index is 0.203. The summed E-state index contributed by atoms with van der Waals surface area (Å²) in [6.07, 6.45) is 2.52. The fourth-order valence-corrected chi connectivity index (χ4v) is 4.68. The van der Waals surface area contributed by atoms with Gasteiger partial charge in [0.15, 0.2) is 0 Å². The second-order valence-corrected chi connectivity index (χ2v) is 9.29. The Labute approximate surface area is 176 Å². The average Bonchev–Trinajstić information content (AvgIpc) is 2.70. The zero-order chi connectivity index (χ0) is 21.2. The summed E-state index contributed by atoms with van der Waals surface area (Å²) in [6, 6.07) is 17.0. The molecule has 0 saturated heterocycles. The van der Waals surface area contributed by atoms with Crippen molar-refractivity contribution in [2.45, 2.75) is 56.4 Å². The van der Waals surface area contributed by atoms with Crippen LogP contribution in [0.3, 0.4) is 0 Å². The zero-order valence-corrected chi connectivity index (χ0v) is 18.3. The van der Waals surface area contributed by atoms with Gasteiger partial charge in [-0.1, -0.05) is 68.0 Å². The monoisotopic (exact) mass is 413 g/mol. The van der Waals surface area contributed by atoms with Crippen molar-refractivity contribution in [3.8, 4) is 0 Å². The number of benzene rings is 2. The van der Waals surface area contributed by atoms with Crippen molar-refractivity contribution in [3.63, 3.8) is 0 Å². The molecule has 3 atom stereocenters. The number of allylic oxidation sites excluding steroid dienone is 1. The predicted octanol–water partition coefficient (Wildman–Crippen LogP) is 5.39. The molecule has 0 unspecified atom stereocenters. The normalized spacial score (nSPS) is 14.1. The maximum atomic E-state index is 13.3. The maximum Gasteiger partial charge on any atom is 0.407 e. The van der Waals surface area contributed by atoms with Crippen molar-refractivity contribution >= 4 is 16.9 Å². The zero-order valence-electron chi connectivity index (χ0n) is 17.5. The lowest BCUT2D eigenvalue weighted by Gasteiger charge is -2.28. The topological polar surface area (TPSA) is 55.4 Å². The first-order chi connectivity index (χ1) is 13.9. The first-order valence-electron chi connectivity index (χ1n) is 9.96. The van der Waals surface area contributed by atoms with Crippen LogP contribution in [0.25, 0.3) is 0 Å². The molecule has 156 valence electrons.